The monoisotopic (exact) mass is 362 g/mol. The third kappa shape index (κ3) is 3.31. The number of hydrogen-bond donors (Lipinski definition) is 1. The molecule has 0 amide bonds. The molecule has 1 aromatic heterocycles. The van der Waals surface area contributed by atoms with Crippen molar-refractivity contribution in [1.29, 1.82) is 0 Å². The topological polar surface area (TPSA) is 38.0 Å². The molecule has 2 rings (SSSR count). The van der Waals surface area contributed by atoms with Gasteiger partial charge in [0.2, 0.25) is 0 Å². The van der Waals surface area contributed by atoms with Crippen molar-refractivity contribution in [1.82, 2.24) is 9.78 Å². The molecule has 0 fully saturated rings. The Kier molecular flexibility index (Phi) is 4.56. The van der Waals surface area contributed by atoms with Gasteiger partial charge in [0.05, 0.1) is 22.5 Å². The minimum absolute atomic E-state index is 0.392. The Morgan fingerprint density at radius 3 is 2.58 bits per heavy atom. The summed E-state index contributed by atoms with van der Waals surface area (Å²) in [6.45, 7) is 1.84. The van der Waals surface area contributed by atoms with Crippen LogP contribution in [0, 0.1) is 6.92 Å². The molecule has 0 spiro atoms. The lowest BCUT2D eigenvalue weighted by Crippen LogP contribution is -2.07. The Morgan fingerprint density at radius 1 is 1.37 bits per heavy atom. The van der Waals surface area contributed by atoms with Crippen molar-refractivity contribution in [2.75, 3.05) is 0 Å². The first-order valence-electron chi connectivity index (χ1n) is 5.70. The molecule has 0 saturated carbocycles. The molecule has 1 heterocycles. The van der Waals surface area contributed by atoms with Crippen molar-refractivity contribution in [2.24, 2.45) is 7.05 Å². The van der Waals surface area contributed by atoms with Gasteiger partial charge < -0.3 is 5.11 Å². The normalized spacial score (nSPS) is 12.7. The lowest BCUT2D eigenvalue weighted by Gasteiger charge is -2.12. The number of aliphatic hydroxyl groups excluding tert-OH is 1. The van der Waals surface area contributed by atoms with Crippen LogP contribution in [0.2, 0.25) is 10.0 Å². The highest BCUT2D eigenvalue weighted by Gasteiger charge is 2.17. The predicted molar refractivity (Wildman–Crippen MR) is 80.8 cm³/mol. The molecular weight excluding hydrogens is 351 g/mol. The fraction of sp³-hybridized carbons (Fsp3) is 0.308. The third-order valence-corrected chi connectivity index (χ3v) is 4.09. The predicted octanol–water partition coefficient (Wildman–Crippen LogP) is 4.07. The van der Waals surface area contributed by atoms with E-state index in [0.29, 0.717) is 16.5 Å². The fourth-order valence-electron chi connectivity index (χ4n) is 1.97. The first-order chi connectivity index (χ1) is 8.88. The van der Waals surface area contributed by atoms with Crippen molar-refractivity contribution in [3.8, 4) is 0 Å². The van der Waals surface area contributed by atoms with Crippen LogP contribution in [-0.4, -0.2) is 14.9 Å². The Hall–Kier alpha value is -0.550. The van der Waals surface area contributed by atoms with Crippen LogP contribution in [0.25, 0.3) is 0 Å². The van der Waals surface area contributed by atoms with E-state index >= 15 is 0 Å². The first kappa shape index (κ1) is 14.9. The number of halogens is 3. The highest BCUT2D eigenvalue weighted by atomic mass is 79.9. The summed E-state index contributed by atoms with van der Waals surface area (Å²) in [5.41, 5.74) is 2.32. The zero-order valence-electron chi connectivity index (χ0n) is 10.5. The van der Waals surface area contributed by atoms with Crippen LogP contribution in [0.15, 0.2) is 22.7 Å². The molecule has 0 saturated heterocycles. The van der Waals surface area contributed by atoms with E-state index in [1.54, 1.807) is 16.8 Å². The minimum atomic E-state index is -0.678. The summed E-state index contributed by atoms with van der Waals surface area (Å²) in [6, 6.07) is 5.36. The van der Waals surface area contributed by atoms with Gasteiger partial charge in [-0.15, -0.1) is 0 Å². The number of aryl methyl sites for hydroxylation is 2. The second-order valence-electron chi connectivity index (χ2n) is 4.39. The number of hydrogen-bond acceptors (Lipinski definition) is 2. The maximum atomic E-state index is 10.3. The quantitative estimate of drug-likeness (QED) is 0.892. The zero-order valence-corrected chi connectivity index (χ0v) is 13.6. The van der Waals surface area contributed by atoms with Crippen LogP contribution in [0.4, 0.5) is 0 Å². The lowest BCUT2D eigenvalue weighted by atomic mass is 10.0. The average molecular weight is 364 g/mol. The zero-order chi connectivity index (χ0) is 14.2. The molecule has 0 bridgehead atoms. The van der Waals surface area contributed by atoms with Crippen LogP contribution >= 0.6 is 39.1 Å². The molecule has 102 valence electrons. The summed E-state index contributed by atoms with van der Waals surface area (Å²) in [7, 11) is 1.81. The first-order valence-corrected chi connectivity index (χ1v) is 7.25. The fourth-order valence-corrected chi connectivity index (χ4v) is 3.09. The van der Waals surface area contributed by atoms with E-state index in [1.165, 1.54) is 0 Å². The van der Waals surface area contributed by atoms with Crippen LogP contribution in [0.1, 0.15) is 23.1 Å². The largest absolute Gasteiger partial charge is 0.388 e. The van der Waals surface area contributed by atoms with Crippen molar-refractivity contribution in [2.45, 2.75) is 19.4 Å². The van der Waals surface area contributed by atoms with Gasteiger partial charge in [0.1, 0.15) is 0 Å². The van der Waals surface area contributed by atoms with E-state index in [0.717, 1.165) is 21.4 Å². The molecule has 19 heavy (non-hydrogen) atoms. The molecule has 0 aliphatic rings. The minimum Gasteiger partial charge on any atom is -0.388 e. The number of aliphatic hydroxyl groups is 1. The molecule has 6 heteroatoms. The smallest absolute Gasteiger partial charge is 0.0848 e. The van der Waals surface area contributed by atoms with E-state index in [4.69, 9.17) is 23.2 Å². The van der Waals surface area contributed by atoms with Crippen molar-refractivity contribution < 1.29 is 5.11 Å². The molecular formula is C13H13BrCl2N2O. The van der Waals surface area contributed by atoms with E-state index in [-0.39, 0.29) is 0 Å². The van der Waals surface area contributed by atoms with Gasteiger partial charge in [0.15, 0.2) is 0 Å². The van der Waals surface area contributed by atoms with Crippen molar-refractivity contribution in [3.63, 3.8) is 0 Å². The molecule has 2 aromatic rings. The van der Waals surface area contributed by atoms with Crippen LogP contribution in [-0.2, 0) is 13.5 Å². The van der Waals surface area contributed by atoms with E-state index < -0.39 is 6.10 Å². The number of benzene rings is 1. The summed E-state index contributed by atoms with van der Waals surface area (Å²) in [5, 5.41) is 15.7. The summed E-state index contributed by atoms with van der Waals surface area (Å²) in [5.74, 6) is 0. The summed E-state index contributed by atoms with van der Waals surface area (Å²) >= 11 is 15.5. The standard InChI is InChI=1S/C13H13BrCl2N2O/c1-7-13(16)11(18(2)17-7)6-12(19)8-3-9(14)5-10(15)4-8/h3-5,12,19H,6H2,1-2H3. The summed E-state index contributed by atoms with van der Waals surface area (Å²) in [6.07, 6.45) is -0.287. The second kappa shape index (κ2) is 5.83. The van der Waals surface area contributed by atoms with E-state index in [9.17, 15) is 5.11 Å². The Morgan fingerprint density at radius 2 is 2.05 bits per heavy atom. The highest BCUT2D eigenvalue weighted by molar-refractivity contribution is 9.10. The molecule has 1 unspecified atom stereocenters. The number of nitrogens with zero attached hydrogens (tertiary/aromatic N) is 2. The lowest BCUT2D eigenvalue weighted by molar-refractivity contribution is 0.176. The molecule has 0 aliphatic heterocycles. The van der Waals surface area contributed by atoms with Crippen molar-refractivity contribution >= 4 is 39.1 Å². The maximum absolute atomic E-state index is 10.3. The average Bonchev–Trinajstić information content (AvgIpc) is 2.54. The van der Waals surface area contributed by atoms with E-state index in [2.05, 4.69) is 21.0 Å². The molecule has 1 aromatic carbocycles. The van der Waals surface area contributed by atoms with Crippen LogP contribution in [0.3, 0.4) is 0 Å². The van der Waals surface area contributed by atoms with Crippen molar-refractivity contribution in [3.05, 3.63) is 49.7 Å². The van der Waals surface area contributed by atoms with Gasteiger partial charge in [-0.1, -0.05) is 39.1 Å². The Balaban J connectivity index is 2.27. The summed E-state index contributed by atoms with van der Waals surface area (Å²) in [4.78, 5) is 0. The van der Waals surface area contributed by atoms with Gasteiger partial charge in [0, 0.05) is 23.0 Å². The maximum Gasteiger partial charge on any atom is 0.0848 e. The Labute approximate surface area is 130 Å². The SMILES string of the molecule is Cc1nn(C)c(CC(O)c2cc(Cl)cc(Br)c2)c1Cl. The van der Waals surface area contributed by atoms with Gasteiger partial charge in [-0.25, -0.2) is 0 Å². The van der Waals surface area contributed by atoms with E-state index in [1.807, 2.05) is 20.0 Å². The van der Waals surface area contributed by atoms with Gasteiger partial charge in [-0.2, -0.15) is 5.10 Å². The molecule has 1 atom stereocenters. The number of rotatable bonds is 3. The van der Waals surface area contributed by atoms with Gasteiger partial charge in [-0.3, -0.25) is 4.68 Å². The summed E-state index contributed by atoms with van der Waals surface area (Å²) < 4.78 is 2.53. The number of aromatic nitrogens is 2. The molecule has 0 aliphatic carbocycles. The van der Waals surface area contributed by atoms with Crippen LogP contribution < -0.4 is 0 Å². The van der Waals surface area contributed by atoms with Gasteiger partial charge >= 0.3 is 0 Å². The molecule has 1 N–H and O–H groups in total. The van der Waals surface area contributed by atoms with Gasteiger partial charge in [-0.05, 0) is 30.7 Å². The second-order valence-corrected chi connectivity index (χ2v) is 6.12. The highest BCUT2D eigenvalue weighted by Crippen LogP contribution is 2.28. The molecule has 0 radical (unpaired) electrons. The Bertz CT molecular complexity index is 593. The van der Waals surface area contributed by atoms with Gasteiger partial charge in [0.25, 0.3) is 0 Å². The molecule has 3 nitrogen and oxygen atoms in total. The van der Waals surface area contributed by atoms with Crippen LogP contribution in [0.5, 0.6) is 0 Å². The third-order valence-electron chi connectivity index (χ3n) is 2.92.